The number of benzene rings is 1. The van der Waals surface area contributed by atoms with E-state index in [2.05, 4.69) is 15.9 Å². The molecule has 1 aromatic rings. The number of esters is 1. The number of carbonyl (C=O) groups is 1. The lowest BCUT2D eigenvalue weighted by Gasteiger charge is -2.05. The van der Waals surface area contributed by atoms with E-state index in [1.165, 1.54) is 0 Å². The lowest BCUT2D eigenvalue weighted by atomic mass is 10.3. The summed E-state index contributed by atoms with van der Waals surface area (Å²) in [6.45, 7) is 2.25. The fourth-order valence-electron chi connectivity index (χ4n) is 1.11. The van der Waals surface area contributed by atoms with Gasteiger partial charge in [0.2, 0.25) is 0 Å². The Labute approximate surface area is 108 Å². The quantitative estimate of drug-likeness (QED) is 0.516. The summed E-state index contributed by atoms with van der Waals surface area (Å²) < 4.78 is 5.80. The minimum absolute atomic E-state index is 0.151. The molecule has 0 heterocycles. The molecule has 0 aromatic heterocycles. The summed E-state index contributed by atoms with van der Waals surface area (Å²) in [6.07, 6.45) is 0.426. The first-order valence-corrected chi connectivity index (χ1v) is 6.74. The third-order valence-corrected chi connectivity index (χ3v) is 3.82. The van der Waals surface area contributed by atoms with Crippen LogP contribution in [0.5, 0.6) is 0 Å². The summed E-state index contributed by atoms with van der Waals surface area (Å²) in [5, 5.41) is 0. The fourth-order valence-corrected chi connectivity index (χ4v) is 2.70. The van der Waals surface area contributed by atoms with Gasteiger partial charge in [-0.05, 0) is 41.1 Å². The van der Waals surface area contributed by atoms with Crippen LogP contribution in [0.25, 0.3) is 0 Å². The first-order valence-electron chi connectivity index (χ1n) is 4.97. The van der Waals surface area contributed by atoms with Crippen LogP contribution in [-0.4, -0.2) is 18.3 Å². The van der Waals surface area contributed by atoms with Gasteiger partial charge in [-0.25, -0.2) is 0 Å². The third-order valence-electron chi connectivity index (χ3n) is 1.83. The van der Waals surface area contributed by atoms with Crippen molar-refractivity contribution in [3.05, 3.63) is 22.7 Å². The summed E-state index contributed by atoms with van der Waals surface area (Å²) >= 11 is 5.03. The van der Waals surface area contributed by atoms with E-state index in [9.17, 15) is 4.79 Å². The van der Waals surface area contributed by atoms with Gasteiger partial charge in [0.25, 0.3) is 0 Å². The Balaban J connectivity index is 2.40. The molecule has 0 fully saturated rings. The second-order valence-corrected chi connectivity index (χ2v) is 5.08. The van der Waals surface area contributed by atoms with E-state index in [1.54, 1.807) is 11.8 Å². The van der Waals surface area contributed by atoms with Crippen molar-refractivity contribution in [3.63, 3.8) is 0 Å². The first kappa shape index (κ1) is 13.4. The number of nitrogens with two attached hydrogens (primary N) is 1. The van der Waals surface area contributed by atoms with Gasteiger partial charge < -0.3 is 10.5 Å². The zero-order chi connectivity index (χ0) is 12.0. The van der Waals surface area contributed by atoms with Gasteiger partial charge in [-0.2, -0.15) is 0 Å². The number of ether oxygens (including phenoxy) is 1. The van der Waals surface area contributed by atoms with Crippen molar-refractivity contribution in [2.24, 2.45) is 0 Å². The molecule has 0 bridgehead atoms. The van der Waals surface area contributed by atoms with Gasteiger partial charge in [-0.15, -0.1) is 11.8 Å². The van der Waals surface area contributed by atoms with E-state index in [-0.39, 0.29) is 5.97 Å². The van der Waals surface area contributed by atoms with Crippen molar-refractivity contribution >= 4 is 39.3 Å². The Kier molecular flexibility index (Phi) is 5.69. The van der Waals surface area contributed by atoms with Gasteiger partial charge in [0.15, 0.2) is 0 Å². The van der Waals surface area contributed by atoms with E-state index in [0.29, 0.717) is 18.8 Å². The number of halogens is 1. The van der Waals surface area contributed by atoms with Crippen LogP contribution >= 0.6 is 27.7 Å². The largest absolute Gasteiger partial charge is 0.466 e. The minimum atomic E-state index is -0.151. The number of hydrogen-bond donors (Lipinski definition) is 1. The maximum absolute atomic E-state index is 11.1. The molecular weight excluding hydrogens is 290 g/mol. The van der Waals surface area contributed by atoms with Crippen LogP contribution in [0.1, 0.15) is 13.3 Å². The highest BCUT2D eigenvalue weighted by Crippen LogP contribution is 2.29. The molecule has 0 aliphatic rings. The number of nitrogen functional groups attached to an aromatic ring is 1. The predicted molar refractivity (Wildman–Crippen MR) is 70.5 cm³/mol. The molecule has 0 atom stereocenters. The van der Waals surface area contributed by atoms with Gasteiger partial charge in [-0.3, -0.25) is 4.79 Å². The highest BCUT2D eigenvalue weighted by atomic mass is 79.9. The van der Waals surface area contributed by atoms with Crippen molar-refractivity contribution in [2.75, 3.05) is 18.1 Å². The van der Waals surface area contributed by atoms with Crippen LogP contribution in [0, 0.1) is 0 Å². The molecular formula is C11H14BrNO2S. The van der Waals surface area contributed by atoms with Gasteiger partial charge in [0.1, 0.15) is 0 Å². The zero-order valence-electron chi connectivity index (χ0n) is 9.03. The van der Waals surface area contributed by atoms with Crippen molar-refractivity contribution in [1.82, 2.24) is 0 Å². The summed E-state index contributed by atoms with van der Waals surface area (Å²) in [7, 11) is 0. The molecule has 2 N–H and O–H groups in total. The Bertz CT molecular complexity index is 371. The maximum Gasteiger partial charge on any atom is 0.306 e. The third kappa shape index (κ3) is 4.45. The number of rotatable bonds is 5. The Morgan fingerprint density at radius 3 is 2.94 bits per heavy atom. The van der Waals surface area contributed by atoms with E-state index in [4.69, 9.17) is 10.5 Å². The Hall–Kier alpha value is -0.680. The van der Waals surface area contributed by atoms with Crippen LogP contribution in [0.4, 0.5) is 5.69 Å². The number of carbonyl (C=O) groups excluding carboxylic acids is 1. The summed E-state index contributed by atoms with van der Waals surface area (Å²) in [5.74, 6) is 0.558. The number of anilines is 1. The zero-order valence-corrected chi connectivity index (χ0v) is 11.4. The summed E-state index contributed by atoms with van der Waals surface area (Å²) in [4.78, 5) is 12.2. The van der Waals surface area contributed by atoms with Gasteiger partial charge in [0.05, 0.1) is 13.0 Å². The molecule has 1 aromatic carbocycles. The smallest absolute Gasteiger partial charge is 0.306 e. The average molecular weight is 304 g/mol. The van der Waals surface area contributed by atoms with Crippen LogP contribution in [0.3, 0.4) is 0 Å². The normalized spacial score (nSPS) is 10.1. The van der Waals surface area contributed by atoms with Crippen LogP contribution in [-0.2, 0) is 9.53 Å². The molecule has 16 heavy (non-hydrogen) atoms. The molecule has 0 radical (unpaired) electrons. The van der Waals surface area contributed by atoms with Crippen molar-refractivity contribution < 1.29 is 9.53 Å². The van der Waals surface area contributed by atoms with Crippen molar-refractivity contribution in [3.8, 4) is 0 Å². The highest BCUT2D eigenvalue weighted by molar-refractivity contribution is 9.10. The number of thioether (sulfide) groups is 1. The summed E-state index contributed by atoms with van der Waals surface area (Å²) in [6, 6.07) is 5.64. The SMILES string of the molecule is CCOC(=O)CCSc1ccc(N)cc1Br. The van der Waals surface area contributed by atoms with E-state index in [0.717, 1.165) is 15.1 Å². The molecule has 88 valence electrons. The first-order chi connectivity index (χ1) is 7.63. The second-order valence-electron chi connectivity index (χ2n) is 3.09. The molecule has 0 aliphatic heterocycles. The maximum atomic E-state index is 11.1. The number of hydrogen-bond acceptors (Lipinski definition) is 4. The van der Waals surface area contributed by atoms with Crippen molar-refractivity contribution in [2.45, 2.75) is 18.2 Å². The molecule has 3 nitrogen and oxygen atoms in total. The van der Waals surface area contributed by atoms with Crippen molar-refractivity contribution in [1.29, 1.82) is 0 Å². The van der Waals surface area contributed by atoms with E-state index in [1.807, 2.05) is 25.1 Å². The lowest BCUT2D eigenvalue weighted by Crippen LogP contribution is -2.04. The van der Waals surface area contributed by atoms with Gasteiger partial charge >= 0.3 is 5.97 Å². The van der Waals surface area contributed by atoms with E-state index < -0.39 is 0 Å². The Morgan fingerprint density at radius 1 is 1.56 bits per heavy atom. The molecule has 5 heteroatoms. The monoisotopic (exact) mass is 303 g/mol. The van der Waals surface area contributed by atoms with Crippen LogP contribution in [0.2, 0.25) is 0 Å². The standard InChI is InChI=1S/C11H14BrNO2S/c1-2-15-11(14)5-6-16-10-4-3-8(13)7-9(10)12/h3-4,7H,2,5-6,13H2,1H3. The predicted octanol–water partition coefficient (Wildman–Crippen LogP) is 3.08. The molecule has 1 rings (SSSR count). The van der Waals surface area contributed by atoms with Crippen LogP contribution < -0.4 is 5.73 Å². The van der Waals surface area contributed by atoms with E-state index >= 15 is 0 Å². The second kappa shape index (κ2) is 6.81. The summed E-state index contributed by atoms with van der Waals surface area (Å²) in [5.41, 5.74) is 6.35. The van der Waals surface area contributed by atoms with Crippen LogP contribution in [0.15, 0.2) is 27.6 Å². The molecule has 0 unspecified atom stereocenters. The molecule has 0 aliphatic carbocycles. The topological polar surface area (TPSA) is 52.3 Å². The lowest BCUT2D eigenvalue weighted by molar-refractivity contribution is -0.142. The highest BCUT2D eigenvalue weighted by Gasteiger charge is 2.04. The molecule has 0 spiro atoms. The van der Waals surface area contributed by atoms with Gasteiger partial charge in [-0.1, -0.05) is 0 Å². The minimum Gasteiger partial charge on any atom is -0.466 e. The molecule has 0 saturated carbocycles. The van der Waals surface area contributed by atoms with Gasteiger partial charge in [0, 0.05) is 20.8 Å². The Morgan fingerprint density at radius 2 is 2.31 bits per heavy atom. The fraction of sp³-hybridized carbons (Fsp3) is 0.364. The average Bonchev–Trinajstić information content (AvgIpc) is 2.22. The molecule has 0 amide bonds. The molecule has 0 saturated heterocycles.